The molecule has 0 N–H and O–H groups in total. The van der Waals surface area contributed by atoms with Gasteiger partial charge in [-0.1, -0.05) is 6.92 Å². The van der Waals surface area contributed by atoms with Gasteiger partial charge >= 0.3 is 25.8 Å². The van der Waals surface area contributed by atoms with E-state index in [1.54, 1.807) is 0 Å². The SMILES string of the molecule is CCC(C)(C)N(C)C.[InH3]. The zero-order chi connectivity index (χ0) is 6.78. The van der Waals surface area contributed by atoms with E-state index in [1.165, 1.54) is 6.42 Å². The van der Waals surface area contributed by atoms with Crippen LogP contribution >= 0.6 is 0 Å². The van der Waals surface area contributed by atoms with Crippen LogP contribution in [0.3, 0.4) is 0 Å². The fraction of sp³-hybridized carbons (Fsp3) is 1.00. The van der Waals surface area contributed by atoms with Crippen molar-refractivity contribution in [1.82, 2.24) is 4.90 Å². The predicted octanol–water partition coefficient (Wildman–Crippen LogP) is 0.553. The topological polar surface area (TPSA) is 3.24 Å². The van der Waals surface area contributed by atoms with E-state index in [9.17, 15) is 0 Å². The van der Waals surface area contributed by atoms with E-state index in [-0.39, 0.29) is 25.8 Å². The Balaban J connectivity index is 0. The zero-order valence-electron chi connectivity index (χ0n) is 6.65. The maximum absolute atomic E-state index is 2.24. The van der Waals surface area contributed by atoms with Gasteiger partial charge in [0.2, 0.25) is 0 Å². The molecule has 0 spiro atoms. The molecule has 0 aliphatic rings. The van der Waals surface area contributed by atoms with Crippen molar-refractivity contribution in [3.05, 3.63) is 0 Å². The fourth-order valence-corrected chi connectivity index (χ4v) is 0.316. The van der Waals surface area contributed by atoms with Gasteiger partial charge in [-0.25, -0.2) is 0 Å². The van der Waals surface area contributed by atoms with Crippen LogP contribution in [-0.4, -0.2) is 50.4 Å². The first kappa shape index (κ1) is 12.5. The van der Waals surface area contributed by atoms with Gasteiger partial charge in [0.1, 0.15) is 0 Å². The number of nitrogens with zero attached hydrogens (tertiary/aromatic N) is 1. The van der Waals surface area contributed by atoms with Crippen molar-refractivity contribution in [2.24, 2.45) is 0 Å². The Hall–Kier alpha value is 0.830. The Morgan fingerprint density at radius 3 is 1.56 bits per heavy atom. The molecule has 0 rings (SSSR count). The van der Waals surface area contributed by atoms with Gasteiger partial charge in [-0.15, -0.1) is 0 Å². The molecule has 0 saturated carbocycles. The van der Waals surface area contributed by atoms with Gasteiger partial charge in [-0.2, -0.15) is 0 Å². The van der Waals surface area contributed by atoms with Crippen molar-refractivity contribution in [1.29, 1.82) is 0 Å². The van der Waals surface area contributed by atoms with Gasteiger partial charge in [0, 0.05) is 5.54 Å². The van der Waals surface area contributed by atoms with E-state index in [1.807, 2.05) is 0 Å². The van der Waals surface area contributed by atoms with Crippen molar-refractivity contribution in [2.45, 2.75) is 32.7 Å². The van der Waals surface area contributed by atoms with Gasteiger partial charge in [-0.05, 0) is 34.4 Å². The maximum atomic E-state index is 2.24. The van der Waals surface area contributed by atoms with Crippen LogP contribution in [0.25, 0.3) is 0 Å². The van der Waals surface area contributed by atoms with Gasteiger partial charge in [0.05, 0.1) is 0 Å². The van der Waals surface area contributed by atoms with E-state index in [2.05, 4.69) is 39.8 Å². The van der Waals surface area contributed by atoms with Crippen molar-refractivity contribution < 1.29 is 0 Å². The third-order valence-corrected chi connectivity index (χ3v) is 2.08. The van der Waals surface area contributed by atoms with E-state index in [0.717, 1.165) is 0 Å². The van der Waals surface area contributed by atoms with Crippen molar-refractivity contribution in [2.75, 3.05) is 14.1 Å². The standard InChI is InChI=1S/C7H17N.In.3H/c1-6-7(2,3)8(4)5;;;;/h6H2,1-5H3;;;;. The molecule has 0 saturated heterocycles. The number of hydrogen-bond acceptors (Lipinski definition) is 1. The first-order valence-electron chi connectivity index (χ1n) is 3.18. The summed E-state index contributed by atoms with van der Waals surface area (Å²) >= 11 is 0. The van der Waals surface area contributed by atoms with Crippen LogP contribution in [0.5, 0.6) is 0 Å². The second kappa shape index (κ2) is 4.62. The first-order valence-corrected chi connectivity index (χ1v) is 3.18. The summed E-state index contributed by atoms with van der Waals surface area (Å²) in [7, 11) is 4.23. The Labute approximate surface area is 77.6 Å². The zero-order valence-corrected chi connectivity index (χ0v) is 6.65. The minimum absolute atomic E-state index is 0. The van der Waals surface area contributed by atoms with Crippen LogP contribution in [-0.2, 0) is 0 Å². The molecule has 9 heavy (non-hydrogen) atoms. The molecule has 0 heterocycles. The van der Waals surface area contributed by atoms with Crippen molar-refractivity contribution >= 4 is 25.8 Å². The molecule has 0 bridgehead atoms. The number of hydrogen-bond donors (Lipinski definition) is 0. The monoisotopic (exact) mass is 233 g/mol. The number of rotatable bonds is 2. The molecule has 0 aliphatic carbocycles. The second-order valence-corrected chi connectivity index (χ2v) is 3.06. The molecule has 0 amide bonds. The molecule has 0 aromatic rings. The normalized spacial score (nSPS) is 11.3. The first-order chi connectivity index (χ1) is 3.50. The third kappa shape index (κ3) is 4.26. The predicted molar refractivity (Wildman–Crippen MR) is 48.0 cm³/mol. The molecule has 2 heteroatoms. The van der Waals surface area contributed by atoms with E-state index in [4.69, 9.17) is 0 Å². The van der Waals surface area contributed by atoms with Crippen molar-refractivity contribution in [3.8, 4) is 0 Å². The molecule has 1 nitrogen and oxygen atoms in total. The Kier molecular flexibility index (Phi) is 6.41. The summed E-state index contributed by atoms with van der Waals surface area (Å²) in [6, 6.07) is 0. The quantitative estimate of drug-likeness (QED) is 0.673. The Morgan fingerprint density at radius 2 is 1.56 bits per heavy atom. The van der Waals surface area contributed by atoms with Crippen LogP contribution in [0, 0.1) is 0 Å². The van der Waals surface area contributed by atoms with Crippen molar-refractivity contribution in [3.63, 3.8) is 0 Å². The third-order valence-electron chi connectivity index (χ3n) is 2.08. The van der Waals surface area contributed by atoms with Crippen LogP contribution in [0.4, 0.5) is 0 Å². The molecule has 0 fully saturated rings. The molecule has 0 atom stereocenters. The van der Waals surface area contributed by atoms with Crippen LogP contribution in [0.2, 0.25) is 0 Å². The minimum atomic E-state index is 0. The Bertz CT molecular complexity index is 69.3. The molecule has 0 unspecified atom stereocenters. The average Bonchev–Trinajstić information content (AvgIpc) is 1.67. The molecule has 0 aromatic heterocycles. The molecular weight excluding hydrogens is 213 g/mol. The summed E-state index contributed by atoms with van der Waals surface area (Å²) < 4.78 is 0. The van der Waals surface area contributed by atoms with Crippen LogP contribution < -0.4 is 0 Å². The second-order valence-electron chi connectivity index (χ2n) is 3.06. The average molecular weight is 233 g/mol. The van der Waals surface area contributed by atoms with E-state index < -0.39 is 0 Å². The van der Waals surface area contributed by atoms with E-state index in [0.29, 0.717) is 5.54 Å². The van der Waals surface area contributed by atoms with E-state index >= 15 is 0 Å². The summed E-state index contributed by atoms with van der Waals surface area (Å²) in [6.07, 6.45) is 1.21. The summed E-state index contributed by atoms with van der Waals surface area (Å²) in [5.74, 6) is 0. The molecule has 0 aliphatic heterocycles. The molecular formula is C7H20InN. The summed E-state index contributed by atoms with van der Waals surface area (Å²) in [4.78, 5) is 2.24. The van der Waals surface area contributed by atoms with Gasteiger partial charge in [0.15, 0.2) is 0 Å². The summed E-state index contributed by atoms with van der Waals surface area (Å²) in [5, 5.41) is 0. The molecule has 0 radical (unpaired) electrons. The fourth-order valence-electron chi connectivity index (χ4n) is 0.316. The molecule has 0 aromatic carbocycles. The van der Waals surface area contributed by atoms with Crippen LogP contribution in [0.15, 0.2) is 0 Å². The Morgan fingerprint density at radius 1 is 1.22 bits per heavy atom. The molecule has 56 valence electrons. The van der Waals surface area contributed by atoms with Gasteiger partial charge in [0.25, 0.3) is 0 Å². The summed E-state index contributed by atoms with van der Waals surface area (Å²) in [6.45, 7) is 6.69. The van der Waals surface area contributed by atoms with Gasteiger partial charge < -0.3 is 4.90 Å². The summed E-state index contributed by atoms with van der Waals surface area (Å²) in [5.41, 5.74) is 0.375. The van der Waals surface area contributed by atoms with Gasteiger partial charge in [-0.3, -0.25) is 0 Å². The van der Waals surface area contributed by atoms with Crippen LogP contribution in [0.1, 0.15) is 27.2 Å².